The minimum atomic E-state index is -0.828. The molecule has 88 valence electrons. The van der Waals surface area contributed by atoms with Gasteiger partial charge in [0.15, 0.2) is 0 Å². The monoisotopic (exact) mass is 252 g/mol. The molecule has 0 atom stereocenters. The molecule has 0 heterocycles. The topological polar surface area (TPSA) is 52.9 Å². The third kappa shape index (κ3) is 2.25. The standard InChI is InChI=1S/C12H10ClFN2O/c13-8-2-3-10(14)9(6-8)11(17)16-12(7-15)4-1-5-12/h2-3,6H,1,4-5H2,(H,16,17). The third-order valence-corrected chi connectivity index (χ3v) is 3.18. The van der Waals surface area contributed by atoms with Crippen LogP contribution in [0.5, 0.6) is 0 Å². The van der Waals surface area contributed by atoms with Gasteiger partial charge in [0, 0.05) is 5.02 Å². The summed E-state index contributed by atoms with van der Waals surface area (Å²) in [7, 11) is 0. The fourth-order valence-corrected chi connectivity index (χ4v) is 1.92. The Morgan fingerprint density at radius 3 is 2.76 bits per heavy atom. The Hall–Kier alpha value is -1.60. The van der Waals surface area contributed by atoms with Crippen molar-refractivity contribution >= 4 is 17.5 Å². The van der Waals surface area contributed by atoms with Gasteiger partial charge in [-0.2, -0.15) is 5.26 Å². The van der Waals surface area contributed by atoms with Crippen LogP contribution in [0.25, 0.3) is 0 Å². The van der Waals surface area contributed by atoms with Crippen LogP contribution in [0.3, 0.4) is 0 Å². The first-order valence-corrected chi connectivity index (χ1v) is 5.63. The first kappa shape index (κ1) is 11.9. The molecule has 1 aromatic carbocycles. The molecule has 1 aromatic rings. The molecule has 0 aromatic heterocycles. The summed E-state index contributed by atoms with van der Waals surface area (Å²) in [5.41, 5.74) is -0.953. The van der Waals surface area contributed by atoms with Gasteiger partial charge in [-0.05, 0) is 37.5 Å². The van der Waals surface area contributed by atoms with Gasteiger partial charge in [0.25, 0.3) is 5.91 Å². The molecule has 0 aliphatic heterocycles. The average Bonchev–Trinajstić information content (AvgIpc) is 2.26. The van der Waals surface area contributed by atoms with Crippen LogP contribution >= 0.6 is 11.6 Å². The summed E-state index contributed by atoms with van der Waals surface area (Å²) in [5.74, 6) is -1.23. The predicted octanol–water partition coefficient (Wildman–Crippen LogP) is 2.66. The predicted molar refractivity (Wildman–Crippen MR) is 61.1 cm³/mol. The van der Waals surface area contributed by atoms with E-state index in [1.54, 1.807) is 0 Å². The number of carbonyl (C=O) groups excluding carboxylic acids is 1. The Bertz CT molecular complexity index is 506. The second-order valence-corrected chi connectivity index (χ2v) is 4.56. The van der Waals surface area contributed by atoms with E-state index in [9.17, 15) is 9.18 Å². The van der Waals surface area contributed by atoms with E-state index >= 15 is 0 Å². The largest absolute Gasteiger partial charge is 0.334 e. The van der Waals surface area contributed by atoms with Crippen LogP contribution in [0.15, 0.2) is 18.2 Å². The molecule has 1 aliphatic carbocycles. The Kier molecular flexibility index (Phi) is 3.03. The molecule has 2 rings (SSSR count). The highest BCUT2D eigenvalue weighted by atomic mass is 35.5. The van der Waals surface area contributed by atoms with E-state index in [1.807, 2.05) is 0 Å². The summed E-state index contributed by atoms with van der Waals surface area (Å²) in [6.07, 6.45) is 2.11. The maximum atomic E-state index is 13.4. The van der Waals surface area contributed by atoms with Gasteiger partial charge in [0.1, 0.15) is 11.4 Å². The van der Waals surface area contributed by atoms with Crippen LogP contribution in [0, 0.1) is 17.1 Å². The van der Waals surface area contributed by atoms with Gasteiger partial charge in [-0.25, -0.2) is 4.39 Å². The summed E-state index contributed by atoms with van der Waals surface area (Å²) in [4.78, 5) is 11.8. The highest BCUT2D eigenvalue weighted by molar-refractivity contribution is 6.31. The van der Waals surface area contributed by atoms with Crippen molar-refractivity contribution in [3.8, 4) is 6.07 Å². The third-order valence-electron chi connectivity index (χ3n) is 2.95. The van der Waals surface area contributed by atoms with E-state index < -0.39 is 17.3 Å². The number of hydrogen-bond donors (Lipinski definition) is 1. The average molecular weight is 253 g/mol. The molecule has 1 N–H and O–H groups in total. The lowest BCUT2D eigenvalue weighted by molar-refractivity contribution is 0.0877. The summed E-state index contributed by atoms with van der Waals surface area (Å²) in [5, 5.41) is 11.8. The van der Waals surface area contributed by atoms with Crippen molar-refractivity contribution in [2.45, 2.75) is 24.8 Å². The molecule has 1 fully saturated rings. The molecule has 0 bridgehead atoms. The van der Waals surface area contributed by atoms with Gasteiger partial charge in [-0.3, -0.25) is 4.79 Å². The molecule has 1 aliphatic rings. The van der Waals surface area contributed by atoms with Crippen molar-refractivity contribution in [2.24, 2.45) is 0 Å². The van der Waals surface area contributed by atoms with Crippen molar-refractivity contribution < 1.29 is 9.18 Å². The van der Waals surface area contributed by atoms with Crippen molar-refractivity contribution in [1.82, 2.24) is 5.32 Å². The minimum Gasteiger partial charge on any atom is -0.334 e. The van der Waals surface area contributed by atoms with Crippen LogP contribution in [-0.2, 0) is 0 Å². The summed E-state index contributed by atoms with van der Waals surface area (Å²) in [6.45, 7) is 0. The number of nitriles is 1. The van der Waals surface area contributed by atoms with Crippen LogP contribution in [0.1, 0.15) is 29.6 Å². The number of halogens is 2. The van der Waals surface area contributed by atoms with Crippen molar-refractivity contribution in [3.63, 3.8) is 0 Å². The van der Waals surface area contributed by atoms with E-state index in [-0.39, 0.29) is 10.6 Å². The van der Waals surface area contributed by atoms with Crippen LogP contribution in [0.2, 0.25) is 5.02 Å². The van der Waals surface area contributed by atoms with E-state index in [2.05, 4.69) is 11.4 Å². The van der Waals surface area contributed by atoms with Gasteiger partial charge in [0.05, 0.1) is 11.6 Å². The second kappa shape index (κ2) is 4.34. The summed E-state index contributed by atoms with van der Waals surface area (Å²) in [6, 6.07) is 5.83. The van der Waals surface area contributed by atoms with Crippen molar-refractivity contribution in [2.75, 3.05) is 0 Å². The number of amides is 1. The van der Waals surface area contributed by atoms with Gasteiger partial charge < -0.3 is 5.32 Å². The van der Waals surface area contributed by atoms with E-state index in [0.29, 0.717) is 12.8 Å². The number of nitrogens with one attached hydrogen (secondary N) is 1. The molecule has 0 saturated heterocycles. The van der Waals surface area contributed by atoms with Gasteiger partial charge in [0.2, 0.25) is 0 Å². The molecule has 17 heavy (non-hydrogen) atoms. The minimum absolute atomic E-state index is 0.126. The zero-order chi connectivity index (χ0) is 12.5. The molecular weight excluding hydrogens is 243 g/mol. The van der Waals surface area contributed by atoms with E-state index in [1.165, 1.54) is 12.1 Å². The summed E-state index contributed by atoms with van der Waals surface area (Å²) < 4.78 is 13.4. The highest BCUT2D eigenvalue weighted by Crippen LogP contribution is 2.31. The number of carbonyl (C=O) groups is 1. The smallest absolute Gasteiger partial charge is 0.255 e. The first-order chi connectivity index (χ1) is 8.06. The molecule has 0 unspecified atom stereocenters. The van der Waals surface area contributed by atoms with E-state index in [0.717, 1.165) is 12.5 Å². The highest BCUT2D eigenvalue weighted by Gasteiger charge is 2.39. The number of hydrogen-bond acceptors (Lipinski definition) is 2. The first-order valence-electron chi connectivity index (χ1n) is 5.25. The van der Waals surface area contributed by atoms with Crippen molar-refractivity contribution in [1.29, 1.82) is 5.26 Å². The zero-order valence-electron chi connectivity index (χ0n) is 8.96. The van der Waals surface area contributed by atoms with Crippen molar-refractivity contribution in [3.05, 3.63) is 34.6 Å². The molecule has 3 nitrogen and oxygen atoms in total. The SMILES string of the molecule is N#CC1(NC(=O)c2cc(Cl)ccc2F)CCC1. The maximum Gasteiger partial charge on any atom is 0.255 e. The normalized spacial score (nSPS) is 16.8. The lowest BCUT2D eigenvalue weighted by atomic mass is 9.78. The Morgan fingerprint density at radius 1 is 1.53 bits per heavy atom. The van der Waals surface area contributed by atoms with Gasteiger partial charge >= 0.3 is 0 Å². The van der Waals surface area contributed by atoms with Crippen LogP contribution in [0.4, 0.5) is 4.39 Å². The fraction of sp³-hybridized carbons (Fsp3) is 0.333. The number of benzene rings is 1. The Balaban J connectivity index is 2.20. The lowest BCUT2D eigenvalue weighted by Gasteiger charge is -2.35. The van der Waals surface area contributed by atoms with Gasteiger partial charge in [-0.15, -0.1) is 0 Å². The molecule has 1 amide bonds. The molecule has 5 heteroatoms. The maximum absolute atomic E-state index is 13.4. The fourth-order valence-electron chi connectivity index (χ4n) is 1.75. The molecule has 0 spiro atoms. The molecular formula is C12H10ClFN2O. The quantitative estimate of drug-likeness (QED) is 0.880. The van der Waals surface area contributed by atoms with E-state index in [4.69, 9.17) is 16.9 Å². The van der Waals surface area contributed by atoms with Gasteiger partial charge in [-0.1, -0.05) is 11.6 Å². The van der Waals surface area contributed by atoms with Crippen LogP contribution < -0.4 is 5.32 Å². The number of nitrogens with zero attached hydrogens (tertiary/aromatic N) is 1. The zero-order valence-corrected chi connectivity index (χ0v) is 9.72. The Labute approximate surface area is 103 Å². The summed E-state index contributed by atoms with van der Waals surface area (Å²) >= 11 is 5.70. The second-order valence-electron chi connectivity index (χ2n) is 4.13. The molecule has 0 radical (unpaired) electrons. The molecule has 1 saturated carbocycles. The lowest BCUT2D eigenvalue weighted by Crippen LogP contribution is -2.52. The Morgan fingerprint density at radius 2 is 2.24 bits per heavy atom. The van der Waals surface area contributed by atoms with Crippen LogP contribution in [-0.4, -0.2) is 11.4 Å². The number of rotatable bonds is 2.